The van der Waals surface area contributed by atoms with Crippen molar-refractivity contribution in [2.75, 3.05) is 0 Å². The Hall–Kier alpha value is -2.11. The number of aromatic nitrogens is 1. The summed E-state index contributed by atoms with van der Waals surface area (Å²) in [7, 11) is -3.79. The molecule has 0 bridgehead atoms. The zero-order valence-corrected chi connectivity index (χ0v) is 14.1. The van der Waals surface area contributed by atoms with Crippen LogP contribution in [0.5, 0.6) is 0 Å². The highest BCUT2D eigenvalue weighted by Crippen LogP contribution is 2.28. The molecule has 0 saturated carbocycles. The van der Waals surface area contributed by atoms with Crippen molar-refractivity contribution in [2.45, 2.75) is 18.7 Å². The van der Waals surface area contributed by atoms with Gasteiger partial charge in [-0.25, -0.2) is 12.4 Å². The van der Waals surface area contributed by atoms with Gasteiger partial charge in [-0.3, -0.25) is 4.79 Å². The Balaban J connectivity index is 2.31. The number of nitrogens with zero attached hydrogens (tertiary/aromatic N) is 1. The molecule has 0 unspecified atom stereocenters. The van der Waals surface area contributed by atoms with Gasteiger partial charge in [-0.2, -0.15) is 0 Å². The SMILES string of the molecule is CC(=O)c1cn(S(=O)(=O)c2ccc(C)cc2)c2ccc(Cl)cc12. The van der Waals surface area contributed by atoms with E-state index in [9.17, 15) is 13.2 Å². The van der Waals surface area contributed by atoms with E-state index in [1.54, 1.807) is 42.5 Å². The molecular formula is C17H14ClNO3S. The number of hydrogen-bond acceptors (Lipinski definition) is 3. The number of benzene rings is 2. The van der Waals surface area contributed by atoms with Crippen molar-refractivity contribution < 1.29 is 13.2 Å². The summed E-state index contributed by atoms with van der Waals surface area (Å²) < 4.78 is 26.9. The Kier molecular flexibility index (Phi) is 3.78. The van der Waals surface area contributed by atoms with Crippen molar-refractivity contribution in [2.24, 2.45) is 0 Å². The third-order valence-electron chi connectivity index (χ3n) is 3.69. The molecule has 1 heterocycles. The highest BCUT2D eigenvalue weighted by atomic mass is 35.5. The van der Waals surface area contributed by atoms with E-state index in [2.05, 4.69) is 0 Å². The second-order valence-electron chi connectivity index (χ2n) is 5.37. The Morgan fingerprint density at radius 2 is 1.74 bits per heavy atom. The molecule has 0 aliphatic carbocycles. The topological polar surface area (TPSA) is 56.1 Å². The molecular weight excluding hydrogens is 334 g/mol. The summed E-state index contributed by atoms with van der Waals surface area (Å²) in [6, 6.07) is 11.4. The number of aryl methyl sites for hydroxylation is 1. The molecule has 0 radical (unpaired) electrons. The summed E-state index contributed by atoms with van der Waals surface area (Å²) in [5.41, 5.74) is 1.73. The van der Waals surface area contributed by atoms with Crippen LogP contribution in [0, 0.1) is 6.92 Å². The van der Waals surface area contributed by atoms with Gasteiger partial charge < -0.3 is 0 Å². The van der Waals surface area contributed by atoms with Gasteiger partial charge in [0.25, 0.3) is 10.0 Å². The monoisotopic (exact) mass is 347 g/mol. The normalized spacial score (nSPS) is 11.8. The number of halogens is 1. The first-order chi connectivity index (χ1) is 10.8. The van der Waals surface area contributed by atoms with Crippen molar-refractivity contribution in [3.63, 3.8) is 0 Å². The third-order valence-corrected chi connectivity index (χ3v) is 5.61. The van der Waals surface area contributed by atoms with Crippen molar-refractivity contribution in [1.29, 1.82) is 0 Å². The minimum Gasteiger partial charge on any atom is -0.294 e. The second kappa shape index (κ2) is 5.51. The van der Waals surface area contributed by atoms with Gasteiger partial charge in [0.15, 0.2) is 5.78 Å². The van der Waals surface area contributed by atoms with Crippen LogP contribution in [-0.2, 0) is 10.0 Å². The van der Waals surface area contributed by atoms with Crippen LogP contribution in [0.25, 0.3) is 10.9 Å². The van der Waals surface area contributed by atoms with Crippen molar-refractivity contribution in [1.82, 2.24) is 3.97 Å². The molecule has 0 aliphatic heterocycles. The van der Waals surface area contributed by atoms with Crippen LogP contribution in [0.2, 0.25) is 5.02 Å². The lowest BCUT2D eigenvalue weighted by Crippen LogP contribution is -2.11. The molecule has 0 N–H and O–H groups in total. The number of rotatable bonds is 3. The van der Waals surface area contributed by atoms with Crippen LogP contribution in [0.4, 0.5) is 0 Å². The first-order valence-electron chi connectivity index (χ1n) is 6.94. The first kappa shape index (κ1) is 15.8. The minimum absolute atomic E-state index is 0.171. The molecule has 0 fully saturated rings. The molecule has 2 aromatic carbocycles. The molecule has 0 atom stereocenters. The molecule has 0 saturated heterocycles. The standard InChI is InChI=1S/C17H14ClNO3S/c1-11-3-6-14(7-4-11)23(21,22)19-10-16(12(2)20)15-9-13(18)5-8-17(15)19/h3-10H,1-2H3. The highest BCUT2D eigenvalue weighted by Gasteiger charge is 2.22. The smallest absolute Gasteiger partial charge is 0.268 e. The van der Waals surface area contributed by atoms with E-state index < -0.39 is 10.0 Å². The van der Waals surface area contributed by atoms with E-state index in [0.29, 0.717) is 21.5 Å². The summed E-state index contributed by atoms with van der Waals surface area (Å²) in [6.45, 7) is 3.29. The lowest BCUT2D eigenvalue weighted by Gasteiger charge is -2.08. The van der Waals surface area contributed by atoms with E-state index in [4.69, 9.17) is 11.6 Å². The van der Waals surface area contributed by atoms with Gasteiger partial charge in [0.1, 0.15) is 0 Å². The van der Waals surface area contributed by atoms with E-state index >= 15 is 0 Å². The van der Waals surface area contributed by atoms with Gasteiger partial charge in [0.05, 0.1) is 10.4 Å². The summed E-state index contributed by atoms with van der Waals surface area (Å²) in [4.78, 5) is 12.0. The number of fused-ring (bicyclic) bond motifs is 1. The van der Waals surface area contributed by atoms with E-state index in [0.717, 1.165) is 9.54 Å². The van der Waals surface area contributed by atoms with Crippen LogP contribution < -0.4 is 0 Å². The molecule has 118 valence electrons. The van der Waals surface area contributed by atoms with Gasteiger partial charge in [-0.1, -0.05) is 29.3 Å². The second-order valence-corrected chi connectivity index (χ2v) is 7.63. The number of carbonyl (C=O) groups excluding carboxylic acids is 1. The summed E-state index contributed by atoms with van der Waals surface area (Å²) in [5, 5.41) is 0.978. The maximum Gasteiger partial charge on any atom is 0.268 e. The largest absolute Gasteiger partial charge is 0.294 e. The van der Waals surface area contributed by atoms with Gasteiger partial charge in [0, 0.05) is 22.2 Å². The predicted molar refractivity (Wildman–Crippen MR) is 90.7 cm³/mol. The Bertz CT molecular complexity index is 1020. The zero-order chi connectivity index (χ0) is 16.8. The Labute approximate surface area is 139 Å². The maximum absolute atomic E-state index is 12.9. The molecule has 0 amide bonds. The predicted octanol–water partition coefficient (Wildman–Crippen LogP) is 4.04. The summed E-state index contributed by atoms with van der Waals surface area (Å²) in [6.07, 6.45) is 1.36. The Morgan fingerprint density at radius 1 is 1.09 bits per heavy atom. The van der Waals surface area contributed by atoms with Crippen LogP contribution in [0.3, 0.4) is 0 Å². The van der Waals surface area contributed by atoms with Gasteiger partial charge in [0.2, 0.25) is 0 Å². The number of hydrogen-bond donors (Lipinski definition) is 0. The van der Waals surface area contributed by atoms with Crippen LogP contribution in [-0.4, -0.2) is 18.2 Å². The third kappa shape index (κ3) is 2.66. The van der Waals surface area contributed by atoms with Crippen molar-refractivity contribution >= 4 is 38.3 Å². The van der Waals surface area contributed by atoms with E-state index in [1.807, 2.05) is 6.92 Å². The number of ketones is 1. The Morgan fingerprint density at radius 3 is 2.35 bits per heavy atom. The number of carbonyl (C=O) groups is 1. The molecule has 0 spiro atoms. The molecule has 3 rings (SSSR count). The highest BCUT2D eigenvalue weighted by molar-refractivity contribution is 7.90. The maximum atomic E-state index is 12.9. The molecule has 6 heteroatoms. The number of Topliss-reactive ketones (excluding diaryl/α,β-unsaturated/α-hetero) is 1. The molecule has 1 aromatic heterocycles. The molecule has 4 nitrogen and oxygen atoms in total. The summed E-state index contributed by atoms with van der Waals surface area (Å²) >= 11 is 5.98. The van der Waals surface area contributed by atoms with E-state index in [-0.39, 0.29) is 10.7 Å². The fraction of sp³-hybridized carbons (Fsp3) is 0.118. The van der Waals surface area contributed by atoms with E-state index in [1.165, 1.54) is 13.1 Å². The van der Waals surface area contributed by atoms with Crippen LogP contribution in [0.15, 0.2) is 53.6 Å². The van der Waals surface area contributed by atoms with Gasteiger partial charge in [-0.05, 0) is 44.2 Å². The summed E-state index contributed by atoms with van der Waals surface area (Å²) in [5.74, 6) is -0.213. The quantitative estimate of drug-likeness (QED) is 0.672. The lowest BCUT2D eigenvalue weighted by molar-refractivity contribution is 0.101. The van der Waals surface area contributed by atoms with Crippen LogP contribution in [0.1, 0.15) is 22.8 Å². The minimum atomic E-state index is -3.79. The average Bonchev–Trinajstić information content (AvgIpc) is 2.87. The van der Waals surface area contributed by atoms with Crippen molar-refractivity contribution in [3.05, 3.63) is 64.8 Å². The molecule has 3 aromatic rings. The van der Waals surface area contributed by atoms with Gasteiger partial charge >= 0.3 is 0 Å². The van der Waals surface area contributed by atoms with Gasteiger partial charge in [-0.15, -0.1) is 0 Å². The van der Waals surface area contributed by atoms with Crippen molar-refractivity contribution in [3.8, 4) is 0 Å². The fourth-order valence-electron chi connectivity index (χ4n) is 2.48. The average molecular weight is 348 g/mol. The first-order valence-corrected chi connectivity index (χ1v) is 8.76. The fourth-order valence-corrected chi connectivity index (χ4v) is 4.02. The molecule has 0 aliphatic rings. The zero-order valence-electron chi connectivity index (χ0n) is 12.6. The van der Waals surface area contributed by atoms with Crippen LogP contribution >= 0.6 is 11.6 Å². The lowest BCUT2D eigenvalue weighted by atomic mass is 10.1. The molecule has 23 heavy (non-hydrogen) atoms.